The molecule has 3 N–H and O–H groups in total. The molecule has 1 saturated heterocycles. The van der Waals surface area contributed by atoms with Crippen molar-refractivity contribution in [1.29, 1.82) is 0 Å². The van der Waals surface area contributed by atoms with E-state index in [2.05, 4.69) is 50.5 Å². The fourth-order valence-electron chi connectivity index (χ4n) is 5.54. The Kier molecular flexibility index (Phi) is 8.79. The molecule has 8 nitrogen and oxygen atoms in total. The van der Waals surface area contributed by atoms with Gasteiger partial charge in [0, 0.05) is 25.1 Å². The standard InChI is InChI=1S/C35H36N4O4/c1-2-36-35(41)37-20-25-7-5-8-27(17-25)28-9-6-10-29(18-28)34-42-30(21-39-23-38-31-11-3-4-12-32(31)39)19-33(43-34)26-15-13-24(22-40)14-16-26/h3-18,23,30,33-34,40H,2,19-22H2,1H3,(H2,36,37,41)/t30-,33+,34+/m0/s1. The summed E-state index contributed by atoms with van der Waals surface area (Å²) in [4.78, 5) is 16.4. The van der Waals surface area contributed by atoms with Crippen LogP contribution in [0.4, 0.5) is 4.79 Å². The van der Waals surface area contributed by atoms with Crippen LogP contribution in [0.1, 0.15) is 48.0 Å². The van der Waals surface area contributed by atoms with Crippen molar-refractivity contribution in [3.63, 3.8) is 0 Å². The Balaban J connectivity index is 1.26. The number of imidazole rings is 1. The first-order chi connectivity index (χ1) is 21.1. The number of fused-ring (bicyclic) bond motifs is 1. The Morgan fingerprint density at radius 2 is 1.67 bits per heavy atom. The van der Waals surface area contributed by atoms with E-state index in [4.69, 9.17) is 9.47 Å². The van der Waals surface area contributed by atoms with Crippen LogP contribution >= 0.6 is 0 Å². The molecule has 1 aliphatic rings. The normalized spacial score (nSPS) is 18.4. The first-order valence-electron chi connectivity index (χ1n) is 14.7. The zero-order valence-electron chi connectivity index (χ0n) is 24.1. The molecule has 8 heteroatoms. The number of nitrogens with one attached hydrogen (secondary N) is 2. The van der Waals surface area contributed by atoms with E-state index in [9.17, 15) is 9.90 Å². The lowest BCUT2D eigenvalue weighted by Gasteiger charge is -2.36. The van der Waals surface area contributed by atoms with Gasteiger partial charge in [-0.3, -0.25) is 0 Å². The SMILES string of the molecule is CCNC(=O)NCc1cccc(-c2cccc([C@@H]3O[C@H](Cn4cnc5ccccc54)C[C@H](c4ccc(CO)cc4)O3)c2)c1. The van der Waals surface area contributed by atoms with Gasteiger partial charge in [0.2, 0.25) is 0 Å². The Hall–Kier alpha value is -4.50. The average Bonchev–Trinajstić information content (AvgIpc) is 3.46. The van der Waals surface area contributed by atoms with Crippen LogP contribution in [-0.4, -0.2) is 33.3 Å². The molecule has 0 unspecified atom stereocenters. The van der Waals surface area contributed by atoms with Gasteiger partial charge < -0.3 is 29.8 Å². The monoisotopic (exact) mass is 576 g/mol. The lowest BCUT2D eigenvalue weighted by atomic mass is 9.98. The van der Waals surface area contributed by atoms with Gasteiger partial charge in [0.25, 0.3) is 0 Å². The molecule has 6 rings (SSSR count). The van der Waals surface area contributed by atoms with Gasteiger partial charge in [0.05, 0.1) is 42.7 Å². The first-order valence-corrected chi connectivity index (χ1v) is 14.7. The Morgan fingerprint density at radius 1 is 0.884 bits per heavy atom. The maximum absolute atomic E-state index is 11.9. The number of nitrogens with zero attached hydrogens (tertiary/aromatic N) is 2. The summed E-state index contributed by atoms with van der Waals surface area (Å²) >= 11 is 0. The van der Waals surface area contributed by atoms with E-state index in [-0.39, 0.29) is 24.8 Å². The summed E-state index contributed by atoms with van der Waals surface area (Å²) < 4.78 is 15.4. The van der Waals surface area contributed by atoms with Crippen LogP contribution in [-0.2, 0) is 29.2 Å². The van der Waals surface area contributed by atoms with Crippen LogP contribution in [0.3, 0.4) is 0 Å². The number of hydrogen-bond acceptors (Lipinski definition) is 5. The van der Waals surface area contributed by atoms with Crippen molar-refractivity contribution in [2.24, 2.45) is 0 Å². The van der Waals surface area contributed by atoms with Gasteiger partial charge in [-0.05, 0) is 59.0 Å². The van der Waals surface area contributed by atoms with Gasteiger partial charge in [-0.1, -0.05) is 72.8 Å². The highest BCUT2D eigenvalue weighted by molar-refractivity contribution is 5.75. The Bertz CT molecular complexity index is 1680. The van der Waals surface area contributed by atoms with E-state index in [0.29, 0.717) is 26.1 Å². The summed E-state index contributed by atoms with van der Waals surface area (Å²) in [6.45, 7) is 3.56. The maximum Gasteiger partial charge on any atom is 0.315 e. The summed E-state index contributed by atoms with van der Waals surface area (Å²) in [5.74, 6) is 0. The predicted octanol–water partition coefficient (Wildman–Crippen LogP) is 6.26. The van der Waals surface area contributed by atoms with E-state index < -0.39 is 6.29 Å². The van der Waals surface area contributed by atoms with Gasteiger partial charge in [-0.2, -0.15) is 0 Å². The van der Waals surface area contributed by atoms with Gasteiger partial charge in [-0.15, -0.1) is 0 Å². The van der Waals surface area contributed by atoms with E-state index >= 15 is 0 Å². The highest BCUT2D eigenvalue weighted by Gasteiger charge is 2.32. The minimum Gasteiger partial charge on any atom is -0.392 e. The summed E-state index contributed by atoms with van der Waals surface area (Å²) in [5.41, 5.74) is 7.97. The number of amides is 2. The summed E-state index contributed by atoms with van der Waals surface area (Å²) in [5, 5.41) is 15.2. The minimum atomic E-state index is -0.571. The number of aliphatic hydroxyl groups excluding tert-OH is 1. The summed E-state index contributed by atoms with van der Waals surface area (Å²) in [6, 6.07) is 32.3. The van der Waals surface area contributed by atoms with E-state index in [1.807, 2.05) is 80.0 Å². The molecule has 0 radical (unpaired) electrons. The smallest absolute Gasteiger partial charge is 0.315 e. The molecular weight excluding hydrogens is 540 g/mol. The van der Waals surface area contributed by atoms with Gasteiger partial charge in [-0.25, -0.2) is 9.78 Å². The number of carbonyl (C=O) groups excluding carboxylic acids is 1. The third kappa shape index (κ3) is 6.78. The lowest BCUT2D eigenvalue weighted by Crippen LogP contribution is -2.34. The molecule has 2 heterocycles. The summed E-state index contributed by atoms with van der Waals surface area (Å²) in [7, 11) is 0. The second-order valence-corrected chi connectivity index (χ2v) is 10.8. The van der Waals surface area contributed by atoms with Gasteiger partial charge in [0.15, 0.2) is 6.29 Å². The number of aliphatic hydroxyl groups is 1. The molecule has 220 valence electrons. The molecule has 1 aliphatic heterocycles. The predicted molar refractivity (Wildman–Crippen MR) is 166 cm³/mol. The molecule has 3 atom stereocenters. The van der Waals surface area contributed by atoms with E-state index in [0.717, 1.165) is 44.4 Å². The van der Waals surface area contributed by atoms with Crippen molar-refractivity contribution in [2.45, 2.75) is 51.5 Å². The van der Waals surface area contributed by atoms with Crippen molar-refractivity contribution in [3.05, 3.63) is 126 Å². The summed E-state index contributed by atoms with van der Waals surface area (Å²) in [6.07, 6.45) is 1.68. The highest BCUT2D eigenvalue weighted by atomic mass is 16.7. The first kappa shape index (κ1) is 28.6. The second kappa shape index (κ2) is 13.2. The van der Waals surface area contributed by atoms with E-state index in [1.165, 1.54) is 0 Å². The Labute approximate surface area is 251 Å². The van der Waals surface area contributed by atoms with Gasteiger partial charge >= 0.3 is 6.03 Å². The molecular formula is C35H36N4O4. The molecule has 2 amide bonds. The quantitative estimate of drug-likeness (QED) is 0.192. The Morgan fingerprint density at radius 3 is 2.49 bits per heavy atom. The number of carbonyl (C=O) groups is 1. The molecule has 1 fully saturated rings. The van der Waals surface area contributed by atoms with Crippen LogP contribution in [0.25, 0.3) is 22.2 Å². The molecule has 1 aromatic heterocycles. The van der Waals surface area contributed by atoms with E-state index in [1.54, 1.807) is 0 Å². The zero-order chi connectivity index (χ0) is 29.6. The average molecular weight is 577 g/mol. The van der Waals surface area contributed by atoms with Crippen LogP contribution in [0.5, 0.6) is 0 Å². The molecule has 5 aromatic rings. The second-order valence-electron chi connectivity index (χ2n) is 10.8. The zero-order valence-corrected chi connectivity index (χ0v) is 24.1. The number of benzene rings is 4. The fraction of sp³-hybridized carbons (Fsp3) is 0.257. The van der Waals surface area contributed by atoms with Crippen molar-refractivity contribution >= 4 is 17.1 Å². The topological polar surface area (TPSA) is 97.6 Å². The highest BCUT2D eigenvalue weighted by Crippen LogP contribution is 2.39. The van der Waals surface area contributed by atoms with Crippen molar-refractivity contribution in [3.8, 4) is 11.1 Å². The van der Waals surface area contributed by atoms with Crippen LogP contribution in [0, 0.1) is 0 Å². The number of para-hydroxylation sites is 2. The number of ether oxygens (including phenoxy) is 2. The number of rotatable bonds is 9. The number of aromatic nitrogens is 2. The maximum atomic E-state index is 11.9. The van der Waals surface area contributed by atoms with Crippen molar-refractivity contribution in [1.82, 2.24) is 20.2 Å². The molecule has 43 heavy (non-hydrogen) atoms. The van der Waals surface area contributed by atoms with Crippen molar-refractivity contribution in [2.75, 3.05) is 6.54 Å². The largest absolute Gasteiger partial charge is 0.392 e. The minimum absolute atomic E-state index is 0.00383. The molecule has 0 saturated carbocycles. The number of urea groups is 1. The third-order valence-corrected chi connectivity index (χ3v) is 7.75. The molecule has 0 aliphatic carbocycles. The molecule has 0 bridgehead atoms. The van der Waals surface area contributed by atoms with Gasteiger partial charge in [0.1, 0.15) is 0 Å². The lowest BCUT2D eigenvalue weighted by molar-refractivity contribution is -0.252. The fourth-order valence-corrected chi connectivity index (χ4v) is 5.54. The molecule has 0 spiro atoms. The molecule has 4 aromatic carbocycles. The van der Waals surface area contributed by atoms with Crippen LogP contribution in [0.2, 0.25) is 0 Å². The van der Waals surface area contributed by atoms with Crippen LogP contribution in [0.15, 0.2) is 103 Å². The number of hydrogen-bond donors (Lipinski definition) is 3. The van der Waals surface area contributed by atoms with Crippen LogP contribution < -0.4 is 10.6 Å². The third-order valence-electron chi connectivity index (χ3n) is 7.75. The van der Waals surface area contributed by atoms with Crippen molar-refractivity contribution < 1.29 is 19.4 Å².